The SMILES string of the molecule is OCC(O)CCCc1cccc(Cl)c1. The lowest BCUT2D eigenvalue weighted by molar-refractivity contribution is 0.0867. The summed E-state index contributed by atoms with van der Waals surface area (Å²) in [6.07, 6.45) is 1.79. The Kier molecular flexibility index (Phi) is 4.94. The Morgan fingerprint density at radius 2 is 2.14 bits per heavy atom. The number of hydrogen-bond acceptors (Lipinski definition) is 2. The van der Waals surface area contributed by atoms with E-state index in [1.807, 2.05) is 24.3 Å². The van der Waals surface area contributed by atoms with Gasteiger partial charge in [0.25, 0.3) is 0 Å². The van der Waals surface area contributed by atoms with Crippen LogP contribution in [-0.4, -0.2) is 22.9 Å². The molecule has 1 unspecified atom stereocenters. The van der Waals surface area contributed by atoms with Gasteiger partial charge in [-0.1, -0.05) is 23.7 Å². The monoisotopic (exact) mass is 214 g/mol. The molecule has 1 aromatic rings. The predicted octanol–water partition coefficient (Wildman–Crippen LogP) is 2.02. The average molecular weight is 215 g/mol. The van der Waals surface area contributed by atoms with Crippen LogP contribution in [0.1, 0.15) is 18.4 Å². The van der Waals surface area contributed by atoms with E-state index < -0.39 is 6.10 Å². The second-order valence-electron chi connectivity index (χ2n) is 3.36. The maximum absolute atomic E-state index is 9.11. The molecule has 14 heavy (non-hydrogen) atoms. The van der Waals surface area contributed by atoms with Crippen LogP contribution in [0.3, 0.4) is 0 Å². The zero-order chi connectivity index (χ0) is 10.4. The van der Waals surface area contributed by atoms with Gasteiger partial charge in [-0.15, -0.1) is 0 Å². The molecule has 2 N–H and O–H groups in total. The van der Waals surface area contributed by atoms with Crippen molar-refractivity contribution >= 4 is 11.6 Å². The Labute approximate surface area is 89.1 Å². The fraction of sp³-hybridized carbons (Fsp3) is 0.455. The molecular formula is C11H15ClO2. The Morgan fingerprint density at radius 1 is 1.36 bits per heavy atom. The van der Waals surface area contributed by atoms with Gasteiger partial charge in [0.2, 0.25) is 0 Å². The molecule has 2 nitrogen and oxygen atoms in total. The Balaban J connectivity index is 2.31. The van der Waals surface area contributed by atoms with Crippen molar-refractivity contribution in [2.24, 2.45) is 0 Å². The predicted molar refractivity (Wildman–Crippen MR) is 57.5 cm³/mol. The maximum atomic E-state index is 9.11. The Bertz CT molecular complexity index is 276. The third-order valence-corrected chi connectivity index (χ3v) is 2.34. The van der Waals surface area contributed by atoms with Crippen LogP contribution in [0.2, 0.25) is 5.02 Å². The second kappa shape index (κ2) is 6.02. The first-order valence-electron chi connectivity index (χ1n) is 4.75. The summed E-state index contributed by atoms with van der Waals surface area (Å²) in [5.41, 5.74) is 1.17. The van der Waals surface area contributed by atoms with E-state index in [-0.39, 0.29) is 6.61 Å². The van der Waals surface area contributed by atoms with E-state index in [9.17, 15) is 0 Å². The average Bonchev–Trinajstić information content (AvgIpc) is 2.17. The van der Waals surface area contributed by atoms with Crippen molar-refractivity contribution in [3.63, 3.8) is 0 Å². The molecule has 1 rings (SSSR count). The molecule has 1 atom stereocenters. The molecule has 0 aliphatic rings. The van der Waals surface area contributed by atoms with E-state index in [1.54, 1.807) is 0 Å². The molecular weight excluding hydrogens is 200 g/mol. The molecule has 0 aliphatic carbocycles. The van der Waals surface area contributed by atoms with Crippen molar-refractivity contribution in [2.45, 2.75) is 25.4 Å². The molecule has 0 saturated heterocycles. The minimum atomic E-state index is -0.589. The summed E-state index contributed by atoms with van der Waals surface area (Å²) in [5.74, 6) is 0. The lowest BCUT2D eigenvalue weighted by Crippen LogP contribution is -2.11. The Hall–Kier alpha value is -0.570. The number of hydrogen-bond donors (Lipinski definition) is 2. The van der Waals surface area contributed by atoms with E-state index >= 15 is 0 Å². The minimum absolute atomic E-state index is 0.157. The zero-order valence-corrected chi connectivity index (χ0v) is 8.74. The first-order chi connectivity index (χ1) is 6.72. The largest absolute Gasteiger partial charge is 0.394 e. The van der Waals surface area contributed by atoms with E-state index in [4.69, 9.17) is 21.8 Å². The van der Waals surface area contributed by atoms with Gasteiger partial charge < -0.3 is 10.2 Å². The lowest BCUT2D eigenvalue weighted by atomic mass is 10.1. The highest BCUT2D eigenvalue weighted by Crippen LogP contribution is 2.13. The molecule has 0 heterocycles. The molecule has 0 radical (unpaired) electrons. The molecule has 1 aromatic carbocycles. The molecule has 0 aromatic heterocycles. The summed E-state index contributed by atoms with van der Waals surface area (Å²) < 4.78 is 0. The van der Waals surface area contributed by atoms with Crippen molar-refractivity contribution in [1.29, 1.82) is 0 Å². The topological polar surface area (TPSA) is 40.5 Å². The summed E-state index contributed by atoms with van der Waals surface area (Å²) in [7, 11) is 0. The van der Waals surface area contributed by atoms with Gasteiger partial charge >= 0.3 is 0 Å². The van der Waals surface area contributed by atoms with E-state index in [0.717, 1.165) is 17.9 Å². The molecule has 0 saturated carbocycles. The normalized spacial score (nSPS) is 12.8. The van der Waals surface area contributed by atoms with Gasteiger partial charge in [-0.25, -0.2) is 0 Å². The minimum Gasteiger partial charge on any atom is -0.394 e. The molecule has 3 heteroatoms. The van der Waals surface area contributed by atoms with Gasteiger partial charge in [0.15, 0.2) is 0 Å². The van der Waals surface area contributed by atoms with E-state index in [0.29, 0.717) is 6.42 Å². The van der Waals surface area contributed by atoms with Gasteiger partial charge in [0.05, 0.1) is 12.7 Å². The van der Waals surface area contributed by atoms with Crippen LogP contribution in [0.4, 0.5) is 0 Å². The van der Waals surface area contributed by atoms with Crippen LogP contribution in [0, 0.1) is 0 Å². The molecule has 0 aliphatic heterocycles. The summed E-state index contributed by atoms with van der Waals surface area (Å²) in [5, 5.41) is 18.5. The number of halogens is 1. The van der Waals surface area contributed by atoms with Crippen molar-refractivity contribution in [1.82, 2.24) is 0 Å². The quantitative estimate of drug-likeness (QED) is 0.788. The van der Waals surface area contributed by atoms with Gasteiger partial charge in [-0.2, -0.15) is 0 Å². The fourth-order valence-corrected chi connectivity index (χ4v) is 1.54. The maximum Gasteiger partial charge on any atom is 0.0771 e. The van der Waals surface area contributed by atoms with Crippen molar-refractivity contribution < 1.29 is 10.2 Å². The molecule has 0 spiro atoms. The Morgan fingerprint density at radius 3 is 2.79 bits per heavy atom. The molecule has 0 amide bonds. The van der Waals surface area contributed by atoms with Crippen LogP contribution < -0.4 is 0 Å². The molecule has 0 bridgehead atoms. The fourth-order valence-electron chi connectivity index (χ4n) is 1.33. The second-order valence-corrected chi connectivity index (χ2v) is 3.79. The lowest BCUT2D eigenvalue weighted by Gasteiger charge is -2.06. The standard InChI is InChI=1S/C11H15ClO2/c12-10-5-1-3-9(7-10)4-2-6-11(14)8-13/h1,3,5,7,11,13-14H,2,4,6,8H2. The molecule has 0 fully saturated rings. The number of aryl methyl sites for hydroxylation is 1. The third-order valence-electron chi connectivity index (χ3n) is 2.10. The van der Waals surface area contributed by atoms with Crippen LogP contribution in [0.25, 0.3) is 0 Å². The molecule has 78 valence electrons. The van der Waals surface area contributed by atoms with Crippen molar-refractivity contribution in [2.75, 3.05) is 6.61 Å². The van der Waals surface area contributed by atoms with Crippen LogP contribution in [0.15, 0.2) is 24.3 Å². The smallest absolute Gasteiger partial charge is 0.0771 e. The summed E-state index contributed by atoms with van der Waals surface area (Å²) in [6, 6.07) is 7.69. The van der Waals surface area contributed by atoms with Crippen molar-refractivity contribution in [3.05, 3.63) is 34.9 Å². The van der Waals surface area contributed by atoms with Gasteiger partial charge in [-0.05, 0) is 37.0 Å². The third kappa shape index (κ3) is 4.09. The summed E-state index contributed by atoms with van der Waals surface area (Å²) in [4.78, 5) is 0. The van der Waals surface area contributed by atoms with Crippen molar-refractivity contribution in [3.8, 4) is 0 Å². The summed E-state index contributed by atoms with van der Waals surface area (Å²) >= 11 is 5.82. The van der Waals surface area contributed by atoms with E-state index in [2.05, 4.69) is 0 Å². The van der Waals surface area contributed by atoms with Gasteiger partial charge in [0.1, 0.15) is 0 Å². The highest BCUT2D eigenvalue weighted by molar-refractivity contribution is 6.30. The number of aliphatic hydroxyl groups excluding tert-OH is 2. The first-order valence-corrected chi connectivity index (χ1v) is 5.13. The zero-order valence-electron chi connectivity index (χ0n) is 7.99. The highest BCUT2D eigenvalue weighted by Gasteiger charge is 2.01. The van der Waals surface area contributed by atoms with Crippen LogP contribution >= 0.6 is 11.6 Å². The first kappa shape index (κ1) is 11.5. The van der Waals surface area contributed by atoms with Gasteiger partial charge in [0, 0.05) is 5.02 Å². The van der Waals surface area contributed by atoms with Gasteiger partial charge in [-0.3, -0.25) is 0 Å². The van der Waals surface area contributed by atoms with E-state index in [1.165, 1.54) is 5.56 Å². The number of aliphatic hydroxyl groups is 2. The number of rotatable bonds is 5. The highest BCUT2D eigenvalue weighted by atomic mass is 35.5. The number of benzene rings is 1. The van der Waals surface area contributed by atoms with Crippen LogP contribution in [0.5, 0.6) is 0 Å². The summed E-state index contributed by atoms with van der Waals surface area (Å²) in [6.45, 7) is -0.157. The van der Waals surface area contributed by atoms with Crippen LogP contribution in [-0.2, 0) is 6.42 Å².